The second-order valence-electron chi connectivity index (χ2n) is 5.37. The van der Waals surface area contributed by atoms with Crippen LogP contribution in [0.15, 0.2) is 18.3 Å². The minimum Gasteiger partial charge on any atom is -0.394 e. The maximum atomic E-state index is 9.19. The highest BCUT2D eigenvalue weighted by Gasteiger charge is 2.20. The van der Waals surface area contributed by atoms with Gasteiger partial charge >= 0.3 is 0 Å². The molecule has 0 radical (unpaired) electrons. The molecule has 1 saturated heterocycles. The number of nitrogens with zero attached hydrogens (tertiary/aromatic N) is 4. The predicted molar refractivity (Wildman–Crippen MR) is 83.6 cm³/mol. The highest BCUT2D eigenvalue weighted by atomic mass is 16.3. The average Bonchev–Trinajstić information content (AvgIpc) is 3.14. The Hall–Kier alpha value is -1.86. The van der Waals surface area contributed by atoms with Crippen LogP contribution in [0.3, 0.4) is 0 Å². The van der Waals surface area contributed by atoms with Crippen LogP contribution in [0.4, 0.5) is 5.82 Å². The topological polar surface area (TPSA) is 82.8 Å². The lowest BCUT2D eigenvalue weighted by Crippen LogP contribution is -2.38. The number of fused-ring (bicyclic) bond motifs is 1. The lowest BCUT2D eigenvalue weighted by molar-refractivity contribution is 0.266. The van der Waals surface area contributed by atoms with Gasteiger partial charge in [0.2, 0.25) is 0 Å². The molecular formula is C14H23N5O2. The lowest BCUT2D eigenvalue weighted by atomic mass is 10.4. The zero-order chi connectivity index (χ0) is 14.8. The summed E-state index contributed by atoms with van der Waals surface area (Å²) in [6.45, 7) is 3.08. The maximum absolute atomic E-state index is 9.19. The third kappa shape index (κ3) is 2.43. The van der Waals surface area contributed by atoms with Crippen molar-refractivity contribution in [1.82, 2.24) is 9.35 Å². The highest BCUT2D eigenvalue weighted by Crippen LogP contribution is 2.25. The molecule has 1 aliphatic heterocycles. The molecule has 0 aromatic carbocycles. The Kier molecular flexibility index (Phi) is 3.94. The molecule has 0 saturated carbocycles. The van der Waals surface area contributed by atoms with Crippen LogP contribution in [0.5, 0.6) is 0 Å². The summed E-state index contributed by atoms with van der Waals surface area (Å²) in [6, 6.07) is 3.99. The van der Waals surface area contributed by atoms with Gasteiger partial charge in [0.1, 0.15) is 5.82 Å². The molecule has 1 fully saturated rings. The molecule has 0 spiro atoms. The maximum Gasteiger partial charge on any atom is 0.125 e. The van der Waals surface area contributed by atoms with E-state index in [1.807, 2.05) is 28.0 Å². The van der Waals surface area contributed by atoms with Crippen LogP contribution >= 0.6 is 0 Å². The smallest absolute Gasteiger partial charge is 0.125 e. The Morgan fingerprint density at radius 3 is 2.38 bits per heavy atom. The molecule has 21 heavy (non-hydrogen) atoms. The van der Waals surface area contributed by atoms with Crippen LogP contribution in [0.2, 0.25) is 0 Å². The Morgan fingerprint density at radius 2 is 1.76 bits per heavy atom. The molecule has 0 atom stereocenters. The molecule has 7 nitrogen and oxygen atoms in total. The largest absolute Gasteiger partial charge is 0.394 e. The molecule has 2 aromatic heterocycles. The van der Waals surface area contributed by atoms with E-state index < -0.39 is 0 Å². The first-order chi connectivity index (χ1) is 10.3. The summed E-state index contributed by atoms with van der Waals surface area (Å²) >= 11 is 0. The van der Waals surface area contributed by atoms with Gasteiger partial charge in [0.25, 0.3) is 0 Å². The van der Waals surface area contributed by atoms with Crippen molar-refractivity contribution in [2.24, 2.45) is 0 Å². The van der Waals surface area contributed by atoms with E-state index in [2.05, 4.69) is 9.69 Å². The summed E-state index contributed by atoms with van der Waals surface area (Å²) in [4.78, 5) is 0. The van der Waals surface area contributed by atoms with E-state index in [4.69, 9.17) is 5.73 Å². The molecule has 2 aromatic rings. The second kappa shape index (κ2) is 5.87. The van der Waals surface area contributed by atoms with Gasteiger partial charge in [-0.1, -0.05) is 0 Å². The third-order valence-corrected chi connectivity index (χ3v) is 4.03. The van der Waals surface area contributed by atoms with E-state index in [0.717, 1.165) is 29.9 Å². The Balaban J connectivity index is 2.00. The number of hydrogen-bond donors (Lipinski definition) is 3. The van der Waals surface area contributed by atoms with E-state index in [1.165, 1.54) is 12.8 Å². The SMILES string of the molecule is Nc1cc2c(ccn2N(CCO)CCO)n1N1CCCC1. The second-order valence-corrected chi connectivity index (χ2v) is 5.37. The number of nitrogen functional groups attached to an aromatic ring is 1. The van der Waals surface area contributed by atoms with Crippen molar-refractivity contribution in [3.63, 3.8) is 0 Å². The Morgan fingerprint density at radius 1 is 1.10 bits per heavy atom. The molecule has 3 heterocycles. The van der Waals surface area contributed by atoms with Gasteiger partial charge < -0.3 is 26.0 Å². The van der Waals surface area contributed by atoms with Crippen molar-refractivity contribution in [3.05, 3.63) is 18.3 Å². The van der Waals surface area contributed by atoms with Crippen LogP contribution < -0.4 is 15.8 Å². The molecule has 4 N–H and O–H groups in total. The number of aromatic nitrogens is 2. The lowest BCUT2D eigenvalue weighted by Gasteiger charge is -2.24. The molecule has 7 heteroatoms. The Labute approximate surface area is 123 Å². The van der Waals surface area contributed by atoms with E-state index in [1.54, 1.807) is 0 Å². The van der Waals surface area contributed by atoms with Gasteiger partial charge in [-0.05, 0) is 18.9 Å². The molecule has 0 bridgehead atoms. The summed E-state index contributed by atoms with van der Waals surface area (Å²) in [5.74, 6) is 0.726. The van der Waals surface area contributed by atoms with Crippen molar-refractivity contribution in [2.45, 2.75) is 12.8 Å². The standard InChI is InChI=1S/C14H23N5O2/c15-14-11-13-12(19(14)17-4-1-2-5-17)3-6-18(13)16(7-9-20)8-10-21/h3,6,11,20-21H,1-2,4-5,7-10,15H2. The highest BCUT2D eigenvalue weighted by molar-refractivity contribution is 5.83. The van der Waals surface area contributed by atoms with Gasteiger partial charge in [-0.15, -0.1) is 0 Å². The first kappa shape index (κ1) is 14.1. The molecule has 1 aliphatic rings. The summed E-state index contributed by atoms with van der Waals surface area (Å²) in [6.07, 6.45) is 4.35. The van der Waals surface area contributed by atoms with Crippen LogP contribution in [0.1, 0.15) is 12.8 Å². The fourth-order valence-corrected chi connectivity index (χ4v) is 3.10. The summed E-state index contributed by atoms with van der Waals surface area (Å²) in [5, 5.41) is 22.6. The van der Waals surface area contributed by atoms with Crippen LogP contribution in [-0.4, -0.2) is 59.0 Å². The zero-order valence-corrected chi connectivity index (χ0v) is 12.1. The van der Waals surface area contributed by atoms with Gasteiger partial charge in [0, 0.05) is 25.4 Å². The van der Waals surface area contributed by atoms with Crippen molar-refractivity contribution in [3.8, 4) is 0 Å². The minimum atomic E-state index is 0.0436. The summed E-state index contributed by atoms with van der Waals surface area (Å²) in [5.41, 5.74) is 8.25. The van der Waals surface area contributed by atoms with Crippen LogP contribution in [-0.2, 0) is 0 Å². The molecule has 3 rings (SSSR count). The van der Waals surface area contributed by atoms with Gasteiger partial charge in [0.05, 0.1) is 37.3 Å². The summed E-state index contributed by atoms with van der Waals surface area (Å²) in [7, 11) is 0. The first-order valence-corrected chi connectivity index (χ1v) is 7.46. The average molecular weight is 293 g/mol. The number of aliphatic hydroxyl groups excluding tert-OH is 2. The Bertz CT molecular complexity index is 594. The van der Waals surface area contributed by atoms with Crippen LogP contribution in [0, 0.1) is 0 Å². The molecule has 0 amide bonds. The zero-order valence-electron chi connectivity index (χ0n) is 12.1. The summed E-state index contributed by atoms with van der Waals surface area (Å²) < 4.78 is 4.04. The van der Waals surface area contributed by atoms with Gasteiger partial charge in [-0.3, -0.25) is 4.68 Å². The minimum absolute atomic E-state index is 0.0436. The first-order valence-electron chi connectivity index (χ1n) is 7.46. The predicted octanol–water partition coefficient (Wildman–Crippen LogP) is -0.321. The van der Waals surface area contributed by atoms with Gasteiger partial charge in [-0.25, -0.2) is 4.68 Å². The third-order valence-electron chi connectivity index (χ3n) is 4.03. The number of anilines is 1. The van der Waals surface area contributed by atoms with Gasteiger partial charge in [-0.2, -0.15) is 0 Å². The fourth-order valence-electron chi connectivity index (χ4n) is 3.10. The van der Waals surface area contributed by atoms with Crippen molar-refractivity contribution < 1.29 is 10.2 Å². The number of aliphatic hydroxyl groups is 2. The number of nitrogens with two attached hydrogens (primary N) is 1. The van der Waals surface area contributed by atoms with E-state index in [0.29, 0.717) is 13.1 Å². The number of rotatable bonds is 6. The van der Waals surface area contributed by atoms with E-state index in [9.17, 15) is 10.2 Å². The molecule has 0 aliphatic carbocycles. The van der Waals surface area contributed by atoms with Crippen molar-refractivity contribution >= 4 is 16.9 Å². The van der Waals surface area contributed by atoms with Crippen molar-refractivity contribution in [1.29, 1.82) is 0 Å². The number of hydrogen-bond acceptors (Lipinski definition) is 5. The molecular weight excluding hydrogens is 270 g/mol. The molecule has 116 valence electrons. The molecule has 0 unspecified atom stereocenters. The van der Waals surface area contributed by atoms with E-state index in [-0.39, 0.29) is 13.2 Å². The van der Waals surface area contributed by atoms with E-state index >= 15 is 0 Å². The van der Waals surface area contributed by atoms with Crippen molar-refractivity contribution in [2.75, 3.05) is 55.1 Å². The normalized spacial score (nSPS) is 15.2. The quantitative estimate of drug-likeness (QED) is 0.680. The van der Waals surface area contributed by atoms with Crippen LogP contribution in [0.25, 0.3) is 11.0 Å². The monoisotopic (exact) mass is 293 g/mol. The van der Waals surface area contributed by atoms with Gasteiger partial charge in [0.15, 0.2) is 0 Å². The fraction of sp³-hybridized carbons (Fsp3) is 0.571.